The number of hydrogen-bond donors (Lipinski definition) is 2. The zero-order chi connectivity index (χ0) is 15.1. The number of hydrazine groups is 1. The van der Waals surface area contributed by atoms with Gasteiger partial charge in [0.15, 0.2) is 0 Å². The molecular formula is C17H22N2O2. The van der Waals surface area contributed by atoms with Gasteiger partial charge in [0.1, 0.15) is 11.5 Å². The molecule has 0 aromatic heterocycles. The van der Waals surface area contributed by atoms with E-state index in [1.807, 2.05) is 36.4 Å². The summed E-state index contributed by atoms with van der Waals surface area (Å²) in [5, 5.41) is 0. The van der Waals surface area contributed by atoms with Crippen LogP contribution in [0.3, 0.4) is 0 Å². The summed E-state index contributed by atoms with van der Waals surface area (Å²) in [6.45, 7) is 0. The van der Waals surface area contributed by atoms with Crippen molar-refractivity contribution in [3.05, 3.63) is 59.7 Å². The molecule has 0 bridgehead atoms. The summed E-state index contributed by atoms with van der Waals surface area (Å²) < 4.78 is 10.3. The first kappa shape index (κ1) is 15.4. The van der Waals surface area contributed by atoms with Crippen molar-refractivity contribution in [3.63, 3.8) is 0 Å². The van der Waals surface area contributed by atoms with Crippen LogP contribution in [-0.2, 0) is 6.42 Å². The predicted molar refractivity (Wildman–Crippen MR) is 84.4 cm³/mol. The quantitative estimate of drug-likeness (QED) is 0.607. The van der Waals surface area contributed by atoms with Gasteiger partial charge in [-0.15, -0.1) is 0 Å². The lowest BCUT2D eigenvalue weighted by atomic mass is 9.99. The van der Waals surface area contributed by atoms with Gasteiger partial charge in [-0.2, -0.15) is 0 Å². The smallest absolute Gasteiger partial charge is 0.118 e. The molecule has 0 radical (unpaired) electrons. The van der Waals surface area contributed by atoms with E-state index < -0.39 is 0 Å². The fourth-order valence-corrected chi connectivity index (χ4v) is 2.29. The molecule has 0 saturated carbocycles. The van der Waals surface area contributed by atoms with Gasteiger partial charge in [-0.1, -0.05) is 24.3 Å². The predicted octanol–water partition coefficient (Wildman–Crippen LogP) is 2.84. The third kappa shape index (κ3) is 4.21. The highest BCUT2D eigenvalue weighted by Crippen LogP contribution is 2.22. The van der Waals surface area contributed by atoms with E-state index in [2.05, 4.69) is 17.6 Å². The second-order valence-electron chi connectivity index (χ2n) is 4.88. The minimum Gasteiger partial charge on any atom is -0.497 e. The van der Waals surface area contributed by atoms with Crippen LogP contribution in [0.4, 0.5) is 0 Å². The maximum absolute atomic E-state index is 5.68. The van der Waals surface area contributed by atoms with E-state index in [4.69, 9.17) is 15.3 Å². The van der Waals surface area contributed by atoms with Crippen LogP contribution in [-0.4, -0.2) is 14.2 Å². The molecule has 3 N–H and O–H groups in total. The van der Waals surface area contributed by atoms with Gasteiger partial charge in [-0.3, -0.25) is 11.3 Å². The van der Waals surface area contributed by atoms with Crippen molar-refractivity contribution in [2.75, 3.05) is 14.2 Å². The molecule has 0 aliphatic rings. The Balaban J connectivity index is 1.97. The highest BCUT2D eigenvalue weighted by atomic mass is 16.5. The van der Waals surface area contributed by atoms with Gasteiger partial charge in [0.05, 0.1) is 14.2 Å². The Morgan fingerprint density at radius 2 is 1.43 bits per heavy atom. The van der Waals surface area contributed by atoms with Crippen molar-refractivity contribution in [1.82, 2.24) is 5.43 Å². The van der Waals surface area contributed by atoms with Gasteiger partial charge in [0.25, 0.3) is 0 Å². The topological polar surface area (TPSA) is 56.5 Å². The molecular weight excluding hydrogens is 264 g/mol. The van der Waals surface area contributed by atoms with E-state index in [9.17, 15) is 0 Å². The van der Waals surface area contributed by atoms with Crippen molar-refractivity contribution < 1.29 is 9.47 Å². The Labute approximate surface area is 125 Å². The van der Waals surface area contributed by atoms with Gasteiger partial charge >= 0.3 is 0 Å². The first-order valence-corrected chi connectivity index (χ1v) is 7.00. The molecule has 0 fully saturated rings. The normalized spacial score (nSPS) is 12.0. The average molecular weight is 286 g/mol. The van der Waals surface area contributed by atoms with E-state index in [0.717, 1.165) is 29.9 Å². The fraction of sp³-hybridized carbons (Fsp3) is 0.294. The second kappa shape index (κ2) is 7.67. The van der Waals surface area contributed by atoms with Crippen LogP contribution in [0.15, 0.2) is 48.5 Å². The van der Waals surface area contributed by atoms with Crippen molar-refractivity contribution in [2.45, 2.75) is 18.9 Å². The summed E-state index contributed by atoms with van der Waals surface area (Å²) in [6, 6.07) is 16.2. The summed E-state index contributed by atoms with van der Waals surface area (Å²) in [4.78, 5) is 0. The van der Waals surface area contributed by atoms with E-state index in [1.165, 1.54) is 5.56 Å². The molecule has 0 aliphatic heterocycles. The number of hydrogen-bond acceptors (Lipinski definition) is 4. The van der Waals surface area contributed by atoms with Crippen LogP contribution in [0.1, 0.15) is 23.6 Å². The highest BCUT2D eigenvalue weighted by Gasteiger charge is 2.10. The molecule has 4 nitrogen and oxygen atoms in total. The first-order chi connectivity index (χ1) is 10.3. The second-order valence-corrected chi connectivity index (χ2v) is 4.88. The molecule has 4 heteroatoms. The van der Waals surface area contributed by atoms with Gasteiger partial charge in [0, 0.05) is 6.04 Å². The third-order valence-corrected chi connectivity index (χ3v) is 3.60. The van der Waals surface area contributed by atoms with E-state index in [1.54, 1.807) is 14.2 Å². The van der Waals surface area contributed by atoms with Crippen molar-refractivity contribution in [3.8, 4) is 11.5 Å². The SMILES string of the molecule is COc1ccc(CCC(NN)c2ccc(OC)cc2)cc1. The van der Waals surface area contributed by atoms with Crippen LogP contribution >= 0.6 is 0 Å². The molecule has 0 spiro atoms. The van der Waals surface area contributed by atoms with Crippen molar-refractivity contribution in [2.24, 2.45) is 5.84 Å². The summed E-state index contributed by atoms with van der Waals surface area (Å²) in [5.41, 5.74) is 5.31. The number of rotatable bonds is 7. The summed E-state index contributed by atoms with van der Waals surface area (Å²) in [7, 11) is 3.34. The van der Waals surface area contributed by atoms with Gasteiger partial charge < -0.3 is 9.47 Å². The zero-order valence-corrected chi connectivity index (χ0v) is 12.5. The molecule has 1 unspecified atom stereocenters. The van der Waals surface area contributed by atoms with Gasteiger partial charge in [-0.25, -0.2) is 0 Å². The van der Waals surface area contributed by atoms with Crippen LogP contribution < -0.4 is 20.7 Å². The Bertz CT molecular complexity index is 538. The molecule has 1 atom stereocenters. The summed E-state index contributed by atoms with van der Waals surface area (Å²) in [5.74, 6) is 7.41. The summed E-state index contributed by atoms with van der Waals surface area (Å²) >= 11 is 0. The molecule has 2 rings (SSSR count). The largest absolute Gasteiger partial charge is 0.497 e. The van der Waals surface area contributed by atoms with Crippen LogP contribution in [0.25, 0.3) is 0 Å². The minimum atomic E-state index is 0.123. The maximum atomic E-state index is 5.68. The van der Waals surface area contributed by atoms with E-state index in [-0.39, 0.29) is 6.04 Å². The van der Waals surface area contributed by atoms with Crippen molar-refractivity contribution >= 4 is 0 Å². The first-order valence-electron chi connectivity index (χ1n) is 7.00. The molecule has 0 heterocycles. The number of benzene rings is 2. The number of nitrogens with one attached hydrogen (secondary N) is 1. The maximum Gasteiger partial charge on any atom is 0.118 e. The average Bonchev–Trinajstić information content (AvgIpc) is 2.56. The lowest BCUT2D eigenvalue weighted by Crippen LogP contribution is -2.28. The molecule has 21 heavy (non-hydrogen) atoms. The van der Waals surface area contributed by atoms with Crippen molar-refractivity contribution in [1.29, 1.82) is 0 Å². The lowest BCUT2D eigenvalue weighted by molar-refractivity contribution is 0.414. The Morgan fingerprint density at radius 1 is 0.905 bits per heavy atom. The number of methoxy groups -OCH3 is 2. The summed E-state index contributed by atoms with van der Waals surface area (Å²) in [6.07, 6.45) is 1.88. The number of ether oxygens (including phenoxy) is 2. The Hall–Kier alpha value is -2.04. The van der Waals surface area contributed by atoms with E-state index in [0.29, 0.717) is 0 Å². The van der Waals surface area contributed by atoms with Crippen LogP contribution in [0.5, 0.6) is 11.5 Å². The molecule has 0 saturated heterocycles. The zero-order valence-electron chi connectivity index (χ0n) is 12.5. The number of aryl methyl sites for hydroxylation is 1. The number of nitrogens with two attached hydrogens (primary N) is 1. The highest BCUT2D eigenvalue weighted by molar-refractivity contribution is 5.30. The Kier molecular flexibility index (Phi) is 5.60. The van der Waals surface area contributed by atoms with Crippen LogP contribution in [0.2, 0.25) is 0 Å². The van der Waals surface area contributed by atoms with Crippen LogP contribution in [0, 0.1) is 0 Å². The molecule has 2 aromatic rings. The monoisotopic (exact) mass is 286 g/mol. The molecule has 112 valence electrons. The minimum absolute atomic E-state index is 0.123. The molecule has 0 amide bonds. The fourth-order valence-electron chi connectivity index (χ4n) is 2.29. The lowest BCUT2D eigenvalue weighted by Gasteiger charge is -2.16. The van der Waals surface area contributed by atoms with E-state index >= 15 is 0 Å². The van der Waals surface area contributed by atoms with Gasteiger partial charge in [0.2, 0.25) is 0 Å². The van der Waals surface area contributed by atoms with Gasteiger partial charge in [-0.05, 0) is 48.2 Å². The standard InChI is InChI=1S/C17H22N2O2/c1-20-15-8-3-13(4-9-15)5-12-17(19-18)14-6-10-16(21-2)11-7-14/h3-4,6-11,17,19H,5,12,18H2,1-2H3. The Morgan fingerprint density at radius 3 is 1.90 bits per heavy atom. The third-order valence-electron chi connectivity index (χ3n) is 3.60. The molecule has 0 aliphatic carbocycles. The molecule has 2 aromatic carbocycles.